The molecule has 1 aromatic heterocycles. The zero-order valence-corrected chi connectivity index (χ0v) is 16.7. The van der Waals surface area contributed by atoms with E-state index < -0.39 is 22.9 Å². The number of likely N-dealkylation sites (tertiary alicyclic amines) is 1. The Morgan fingerprint density at radius 3 is 2.33 bits per heavy atom. The standard InChI is InChI=1S/C22H19ClF3NO3/c23-14-6-4-13(5-7-14)18-19(29)15-8-9-17(28)16(12-27-10-2-1-3-11-27)20(15)30-21(18)22(24,25)26/h4-9,28H,1-3,10-12H2/p+1. The monoisotopic (exact) mass is 438 g/mol. The molecule has 2 N–H and O–H groups in total. The van der Waals surface area contributed by atoms with Crippen LogP contribution in [-0.4, -0.2) is 18.2 Å². The maximum Gasteiger partial charge on any atom is 0.450 e. The molecule has 2 heterocycles. The third-order valence-corrected chi connectivity index (χ3v) is 5.77. The van der Waals surface area contributed by atoms with Gasteiger partial charge in [-0.25, -0.2) is 0 Å². The Balaban J connectivity index is 1.96. The number of piperidine rings is 1. The maximum absolute atomic E-state index is 13.9. The van der Waals surface area contributed by atoms with E-state index in [2.05, 4.69) is 0 Å². The summed E-state index contributed by atoms with van der Waals surface area (Å²) in [7, 11) is 0. The van der Waals surface area contributed by atoms with E-state index in [1.165, 1.54) is 36.4 Å². The molecule has 0 atom stereocenters. The van der Waals surface area contributed by atoms with Crippen LogP contribution in [0.25, 0.3) is 22.1 Å². The molecule has 4 rings (SSSR count). The summed E-state index contributed by atoms with van der Waals surface area (Å²) in [5.41, 5.74) is -1.26. The van der Waals surface area contributed by atoms with Gasteiger partial charge in [0.2, 0.25) is 11.2 Å². The van der Waals surface area contributed by atoms with Crippen molar-refractivity contribution in [1.82, 2.24) is 0 Å². The average molecular weight is 439 g/mol. The van der Waals surface area contributed by atoms with E-state index in [1.807, 2.05) is 0 Å². The van der Waals surface area contributed by atoms with Gasteiger partial charge >= 0.3 is 6.18 Å². The SMILES string of the molecule is O=c1c(-c2ccc(Cl)cc2)c(C(F)(F)F)oc2c(C[NH+]3CCCCC3)c(O)ccc12. The quantitative estimate of drug-likeness (QED) is 0.637. The van der Waals surface area contributed by atoms with Gasteiger partial charge in [0.15, 0.2) is 5.58 Å². The van der Waals surface area contributed by atoms with Crippen molar-refractivity contribution in [1.29, 1.82) is 0 Å². The first-order valence-corrected chi connectivity index (χ1v) is 10.1. The van der Waals surface area contributed by atoms with Crippen LogP contribution in [0.2, 0.25) is 5.02 Å². The lowest BCUT2D eigenvalue weighted by Gasteiger charge is -2.24. The molecule has 1 saturated heterocycles. The summed E-state index contributed by atoms with van der Waals surface area (Å²) in [6.45, 7) is 2.01. The number of quaternary nitrogens is 1. The Kier molecular flexibility index (Phi) is 5.51. The van der Waals surface area contributed by atoms with Crippen molar-refractivity contribution in [3.05, 3.63) is 63.0 Å². The Bertz CT molecular complexity index is 1130. The third kappa shape index (κ3) is 3.91. The Hall–Kier alpha value is -2.51. The highest BCUT2D eigenvalue weighted by Crippen LogP contribution is 2.39. The number of phenolic OH excluding ortho intramolecular Hbond substituents is 1. The zero-order chi connectivity index (χ0) is 21.5. The van der Waals surface area contributed by atoms with E-state index in [-0.39, 0.29) is 27.8 Å². The van der Waals surface area contributed by atoms with Gasteiger partial charge in [-0.3, -0.25) is 4.79 Å². The number of hydrogen-bond acceptors (Lipinski definition) is 3. The van der Waals surface area contributed by atoms with Gasteiger partial charge in [0.25, 0.3) is 0 Å². The van der Waals surface area contributed by atoms with Crippen LogP contribution in [0.3, 0.4) is 0 Å². The first-order chi connectivity index (χ1) is 14.3. The van der Waals surface area contributed by atoms with Gasteiger partial charge in [0.1, 0.15) is 12.3 Å². The van der Waals surface area contributed by atoms with Crippen molar-refractivity contribution in [2.75, 3.05) is 13.1 Å². The molecule has 0 bridgehead atoms. The molecule has 158 valence electrons. The summed E-state index contributed by atoms with van der Waals surface area (Å²) >= 11 is 5.84. The van der Waals surface area contributed by atoms with Gasteiger partial charge in [0.05, 0.1) is 29.6 Å². The minimum Gasteiger partial charge on any atom is -0.507 e. The average Bonchev–Trinajstić information content (AvgIpc) is 2.71. The molecule has 0 spiro atoms. The Morgan fingerprint density at radius 2 is 1.70 bits per heavy atom. The Labute approximate surface area is 175 Å². The number of nitrogens with one attached hydrogen (secondary N) is 1. The number of halogens is 4. The van der Waals surface area contributed by atoms with E-state index in [0.29, 0.717) is 11.6 Å². The van der Waals surface area contributed by atoms with Gasteiger partial charge in [-0.05, 0) is 49.1 Å². The van der Waals surface area contributed by atoms with Crippen LogP contribution in [0.4, 0.5) is 13.2 Å². The fraction of sp³-hybridized carbons (Fsp3) is 0.318. The maximum atomic E-state index is 13.9. The predicted octanol–water partition coefficient (Wildman–Crippen LogP) is 4.41. The summed E-state index contributed by atoms with van der Waals surface area (Å²) < 4.78 is 47.0. The second-order valence-corrected chi connectivity index (χ2v) is 8.00. The summed E-state index contributed by atoms with van der Waals surface area (Å²) in [5, 5.41) is 10.7. The van der Waals surface area contributed by atoms with Crippen LogP contribution in [0, 0.1) is 0 Å². The Morgan fingerprint density at radius 1 is 1.03 bits per heavy atom. The van der Waals surface area contributed by atoms with E-state index in [9.17, 15) is 23.1 Å². The highest BCUT2D eigenvalue weighted by atomic mass is 35.5. The molecule has 0 radical (unpaired) electrons. The molecule has 2 aromatic carbocycles. The van der Waals surface area contributed by atoms with E-state index in [0.717, 1.165) is 37.3 Å². The molecule has 1 aliphatic heterocycles. The summed E-state index contributed by atoms with van der Waals surface area (Å²) in [6, 6.07) is 8.21. The summed E-state index contributed by atoms with van der Waals surface area (Å²) in [5.74, 6) is -1.54. The molecule has 1 aliphatic rings. The molecular weight excluding hydrogens is 419 g/mol. The molecule has 3 aromatic rings. The first kappa shape index (κ1) is 20.8. The van der Waals surface area contributed by atoms with Crippen molar-refractivity contribution in [3.63, 3.8) is 0 Å². The van der Waals surface area contributed by atoms with Crippen LogP contribution in [0.15, 0.2) is 45.6 Å². The number of aromatic hydroxyl groups is 1. The van der Waals surface area contributed by atoms with Crippen molar-refractivity contribution < 1.29 is 27.6 Å². The molecule has 0 amide bonds. The van der Waals surface area contributed by atoms with Crippen molar-refractivity contribution in [2.24, 2.45) is 0 Å². The van der Waals surface area contributed by atoms with Crippen LogP contribution in [-0.2, 0) is 12.7 Å². The lowest BCUT2D eigenvalue weighted by atomic mass is 10.00. The molecular formula is C22H20ClF3NO3+. The van der Waals surface area contributed by atoms with E-state index in [1.54, 1.807) is 0 Å². The predicted molar refractivity (Wildman–Crippen MR) is 108 cm³/mol. The largest absolute Gasteiger partial charge is 0.507 e. The van der Waals surface area contributed by atoms with Gasteiger partial charge in [0, 0.05) is 5.02 Å². The third-order valence-electron chi connectivity index (χ3n) is 5.52. The minimum absolute atomic E-state index is 0.0113. The number of alkyl halides is 3. The fourth-order valence-electron chi connectivity index (χ4n) is 4.03. The number of rotatable bonds is 3. The topological polar surface area (TPSA) is 54.9 Å². The van der Waals surface area contributed by atoms with Gasteiger partial charge < -0.3 is 14.4 Å². The zero-order valence-electron chi connectivity index (χ0n) is 16.0. The van der Waals surface area contributed by atoms with E-state index >= 15 is 0 Å². The summed E-state index contributed by atoms with van der Waals surface area (Å²) in [4.78, 5) is 14.3. The number of phenols is 1. The highest BCUT2D eigenvalue weighted by molar-refractivity contribution is 6.30. The molecule has 1 fully saturated rings. The van der Waals surface area contributed by atoms with Gasteiger partial charge in [-0.1, -0.05) is 23.7 Å². The van der Waals surface area contributed by atoms with Crippen LogP contribution in [0.1, 0.15) is 30.6 Å². The molecule has 8 heteroatoms. The van der Waals surface area contributed by atoms with Crippen molar-refractivity contribution >= 4 is 22.6 Å². The smallest absolute Gasteiger partial charge is 0.450 e. The lowest BCUT2D eigenvalue weighted by Crippen LogP contribution is -3.11. The van der Waals surface area contributed by atoms with Crippen LogP contribution < -0.4 is 10.3 Å². The molecule has 0 aliphatic carbocycles. The first-order valence-electron chi connectivity index (χ1n) is 9.74. The normalized spacial score (nSPS) is 15.6. The van der Waals surface area contributed by atoms with Crippen LogP contribution >= 0.6 is 11.6 Å². The molecule has 0 unspecified atom stereocenters. The van der Waals surface area contributed by atoms with Gasteiger partial charge in [-0.2, -0.15) is 13.2 Å². The van der Waals surface area contributed by atoms with E-state index in [4.69, 9.17) is 16.0 Å². The molecule has 4 nitrogen and oxygen atoms in total. The van der Waals surface area contributed by atoms with Crippen LogP contribution in [0.5, 0.6) is 5.75 Å². The van der Waals surface area contributed by atoms with Crippen molar-refractivity contribution in [2.45, 2.75) is 32.0 Å². The van der Waals surface area contributed by atoms with Gasteiger partial charge in [-0.15, -0.1) is 0 Å². The number of benzene rings is 2. The second kappa shape index (κ2) is 7.96. The summed E-state index contributed by atoms with van der Waals surface area (Å²) in [6.07, 6.45) is -1.75. The molecule has 30 heavy (non-hydrogen) atoms. The minimum atomic E-state index is -4.89. The number of hydrogen-bond donors (Lipinski definition) is 2. The second-order valence-electron chi connectivity index (χ2n) is 7.57. The highest BCUT2D eigenvalue weighted by Gasteiger charge is 2.40. The molecule has 0 saturated carbocycles. The van der Waals surface area contributed by atoms with Crippen molar-refractivity contribution in [3.8, 4) is 16.9 Å². The fourth-order valence-corrected chi connectivity index (χ4v) is 4.16. The number of fused-ring (bicyclic) bond motifs is 1. The lowest BCUT2D eigenvalue weighted by molar-refractivity contribution is -0.918.